The number of urea groups is 2. The van der Waals surface area contributed by atoms with Crippen LogP contribution in [0.1, 0.15) is 24.1 Å². The van der Waals surface area contributed by atoms with Gasteiger partial charge >= 0.3 is 12.1 Å². The second-order valence-electron chi connectivity index (χ2n) is 5.69. The molecule has 3 rings (SSSR count). The molecule has 23 heavy (non-hydrogen) atoms. The van der Waals surface area contributed by atoms with E-state index in [1.807, 2.05) is 19.1 Å². The number of nitrogens with zero attached hydrogens (tertiary/aromatic N) is 2. The van der Waals surface area contributed by atoms with Crippen molar-refractivity contribution < 1.29 is 19.1 Å². The molecule has 0 saturated carbocycles. The van der Waals surface area contributed by atoms with Gasteiger partial charge in [0.05, 0.1) is 20.3 Å². The summed E-state index contributed by atoms with van der Waals surface area (Å²) in [6, 6.07) is 3.20. The van der Waals surface area contributed by atoms with Crippen LogP contribution in [0.25, 0.3) is 0 Å². The molecule has 1 aromatic rings. The zero-order valence-corrected chi connectivity index (χ0v) is 13.6. The normalized spacial score (nSPS) is 20.1. The summed E-state index contributed by atoms with van der Waals surface area (Å²) in [5.41, 5.74) is 2.17. The molecule has 0 aromatic heterocycles. The number of methoxy groups -OCH3 is 2. The standard InChI is InChI=1S/C16H21N3O4/c1-10-12-9-14(23-3)13(22-2)8-11(12)4-6-18(10)16(21)19-7-5-17-15(19)20/h8-10H,4-7H2,1-3H3,(H,17,20)/t10-/m1/s1. The predicted molar refractivity (Wildman–Crippen MR) is 83.9 cm³/mol. The lowest BCUT2D eigenvalue weighted by Gasteiger charge is -2.37. The van der Waals surface area contributed by atoms with Gasteiger partial charge in [-0.1, -0.05) is 0 Å². The van der Waals surface area contributed by atoms with Crippen molar-refractivity contribution in [3.8, 4) is 11.5 Å². The van der Waals surface area contributed by atoms with Crippen LogP contribution in [-0.4, -0.2) is 55.7 Å². The minimum absolute atomic E-state index is 0.126. The lowest BCUT2D eigenvalue weighted by atomic mass is 9.93. The number of benzene rings is 1. The van der Waals surface area contributed by atoms with Crippen LogP contribution in [0.5, 0.6) is 11.5 Å². The third-order valence-electron chi connectivity index (χ3n) is 4.52. The van der Waals surface area contributed by atoms with Crippen LogP contribution >= 0.6 is 0 Å². The number of rotatable bonds is 2. The average Bonchev–Trinajstić information content (AvgIpc) is 2.99. The Balaban J connectivity index is 1.89. The molecule has 2 heterocycles. The van der Waals surface area contributed by atoms with Crippen molar-refractivity contribution in [1.29, 1.82) is 0 Å². The van der Waals surface area contributed by atoms with Crippen LogP contribution in [0.3, 0.4) is 0 Å². The van der Waals surface area contributed by atoms with E-state index in [9.17, 15) is 9.59 Å². The fourth-order valence-electron chi connectivity index (χ4n) is 3.22. The Kier molecular flexibility index (Phi) is 4.02. The van der Waals surface area contributed by atoms with Gasteiger partial charge in [0.2, 0.25) is 0 Å². The maximum atomic E-state index is 12.6. The Hall–Kier alpha value is -2.44. The molecule has 0 unspecified atom stereocenters. The second-order valence-corrected chi connectivity index (χ2v) is 5.69. The lowest BCUT2D eigenvalue weighted by Crippen LogP contribution is -2.48. The van der Waals surface area contributed by atoms with E-state index in [4.69, 9.17) is 9.47 Å². The molecular formula is C16H21N3O4. The number of ether oxygens (including phenoxy) is 2. The molecule has 0 radical (unpaired) electrons. The molecule has 0 aliphatic carbocycles. The van der Waals surface area contributed by atoms with Gasteiger partial charge in [-0.3, -0.25) is 0 Å². The van der Waals surface area contributed by atoms with Gasteiger partial charge in [0.25, 0.3) is 0 Å². The average molecular weight is 319 g/mol. The summed E-state index contributed by atoms with van der Waals surface area (Å²) in [5, 5.41) is 2.66. The first-order valence-corrected chi connectivity index (χ1v) is 7.67. The molecule has 0 bridgehead atoms. The van der Waals surface area contributed by atoms with Gasteiger partial charge in [0.1, 0.15) is 0 Å². The number of hydrogen-bond acceptors (Lipinski definition) is 4. The highest BCUT2D eigenvalue weighted by Gasteiger charge is 2.35. The number of amides is 4. The molecule has 1 fully saturated rings. The summed E-state index contributed by atoms with van der Waals surface area (Å²) < 4.78 is 10.7. The predicted octanol–water partition coefficient (Wildman–Crippen LogP) is 1.77. The molecule has 0 spiro atoms. The Bertz CT molecular complexity index is 646. The first-order valence-electron chi connectivity index (χ1n) is 7.67. The number of carbonyl (C=O) groups is 2. The molecule has 1 saturated heterocycles. The van der Waals surface area contributed by atoms with Crippen LogP contribution in [0.15, 0.2) is 12.1 Å². The molecule has 1 atom stereocenters. The molecule has 1 aromatic carbocycles. The molecular weight excluding hydrogens is 298 g/mol. The molecule has 2 aliphatic rings. The van der Waals surface area contributed by atoms with Crippen molar-refractivity contribution in [2.24, 2.45) is 0 Å². The van der Waals surface area contributed by atoms with Gasteiger partial charge < -0.3 is 19.7 Å². The van der Waals surface area contributed by atoms with Crippen LogP contribution < -0.4 is 14.8 Å². The lowest BCUT2D eigenvalue weighted by molar-refractivity contribution is 0.145. The van der Waals surface area contributed by atoms with Gasteiger partial charge in [-0.15, -0.1) is 0 Å². The molecule has 7 nitrogen and oxygen atoms in total. The van der Waals surface area contributed by atoms with Crippen molar-refractivity contribution in [3.63, 3.8) is 0 Å². The fraction of sp³-hybridized carbons (Fsp3) is 0.500. The largest absolute Gasteiger partial charge is 0.493 e. The minimum atomic E-state index is -0.319. The van der Waals surface area contributed by atoms with Crippen molar-refractivity contribution >= 4 is 12.1 Å². The zero-order chi connectivity index (χ0) is 16.6. The number of carbonyl (C=O) groups excluding carboxylic acids is 2. The van der Waals surface area contributed by atoms with E-state index in [2.05, 4.69) is 5.32 Å². The Labute approximate surface area is 135 Å². The minimum Gasteiger partial charge on any atom is -0.493 e. The number of nitrogens with one attached hydrogen (secondary N) is 1. The van der Waals surface area contributed by atoms with Gasteiger partial charge in [-0.25, -0.2) is 14.5 Å². The third-order valence-corrected chi connectivity index (χ3v) is 4.52. The molecule has 4 amide bonds. The number of hydrogen-bond donors (Lipinski definition) is 1. The highest BCUT2D eigenvalue weighted by atomic mass is 16.5. The van der Waals surface area contributed by atoms with Crippen LogP contribution in [0.2, 0.25) is 0 Å². The van der Waals surface area contributed by atoms with Crippen molar-refractivity contribution in [3.05, 3.63) is 23.3 Å². The van der Waals surface area contributed by atoms with E-state index in [1.54, 1.807) is 19.1 Å². The van der Waals surface area contributed by atoms with E-state index in [0.29, 0.717) is 31.1 Å². The van der Waals surface area contributed by atoms with Crippen LogP contribution in [0, 0.1) is 0 Å². The Morgan fingerprint density at radius 2 is 1.91 bits per heavy atom. The summed E-state index contributed by atoms with van der Waals surface area (Å²) in [4.78, 5) is 27.4. The summed E-state index contributed by atoms with van der Waals surface area (Å²) in [7, 11) is 3.20. The van der Waals surface area contributed by atoms with E-state index < -0.39 is 0 Å². The Morgan fingerprint density at radius 3 is 2.52 bits per heavy atom. The maximum Gasteiger partial charge on any atom is 0.328 e. The maximum absolute atomic E-state index is 12.6. The molecule has 124 valence electrons. The molecule has 1 N–H and O–H groups in total. The SMILES string of the molecule is COc1cc2c(cc1OC)[C@@H](C)N(C(=O)N1CCNC1=O)CC2. The summed E-state index contributed by atoms with van der Waals surface area (Å²) in [6.45, 7) is 3.47. The van der Waals surface area contributed by atoms with Crippen molar-refractivity contribution in [1.82, 2.24) is 15.1 Å². The van der Waals surface area contributed by atoms with Crippen molar-refractivity contribution in [2.75, 3.05) is 33.9 Å². The van der Waals surface area contributed by atoms with E-state index >= 15 is 0 Å². The van der Waals surface area contributed by atoms with Crippen molar-refractivity contribution in [2.45, 2.75) is 19.4 Å². The molecule has 7 heteroatoms. The van der Waals surface area contributed by atoms with Crippen LogP contribution in [-0.2, 0) is 6.42 Å². The first kappa shape index (κ1) is 15.5. The smallest absolute Gasteiger partial charge is 0.328 e. The van der Waals surface area contributed by atoms with E-state index in [-0.39, 0.29) is 18.1 Å². The van der Waals surface area contributed by atoms with Crippen LogP contribution in [0.4, 0.5) is 9.59 Å². The molecule has 2 aliphatic heterocycles. The van der Waals surface area contributed by atoms with E-state index in [1.165, 1.54) is 4.90 Å². The monoisotopic (exact) mass is 319 g/mol. The van der Waals surface area contributed by atoms with Gasteiger partial charge in [-0.2, -0.15) is 0 Å². The number of fused-ring (bicyclic) bond motifs is 1. The van der Waals surface area contributed by atoms with Gasteiger partial charge in [0, 0.05) is 19.6 Å². The summed E-state index contributed by atoms with van der Waals surface area (Å²) in [5.74, 6) is 1.34. The highest BCUT2D eigenvalue weighted by Crippen LogP contribution is 2.38. The number of imide groups is 1. The zero-order valence-electron chi connectivity index (χ0n) is 13.6. The quantitative estimate of drug-likeness (QED) is 0.902. The topological polar surface area (TPSA) is 71.1 Å². The summed E-state index contributed by atoms with van der Waals surface area (Å²) in [6.07, 6.45) is 0.723. The Morgan fingerprint density at radius 1 is 1.22 bits per heavy atom. The van der Waals surface area contributed by atoms with Gasteiger partial charge in [0.15, 0.2) is 11.5 Å². The first-order chi connectivity index (χ1) is 11.1. The second kappa shape index (κ2) is 5.98. The third kappa shape index (κ3) is 2.56. The van der Waals surface area contributed by atoms with Gasteiger partial charge in [-0.05, 0) is 36.6 Å². The fourth-order valence-corrected chi connectivity index (χ4v) is 3.22. The van der Waals surface area contributed by atoms with E-state index in [0.717, 1.165) is 17.5 Å². The summed E-state index contributed by atoms with van der Waals surface area (Å²) >= 11 is 0. The highest BCUT2D eigenvalue weighted by molar-refractivity contribution is 5.95.